The van der Waals surface area contributed by atoms with E-state index in [1.807, 2.05) is 26.0 Å². The lowest BCUT2D eigenvalue weighted by Gasteiger charge is -2.07. The maximum atomic E-state index is 12.0. The van der Waals surface area contributed by atoms with Gasteiger partial charge in [-0.3, -0.25) is 0 Å². The van der Waals surface area contributed by atoms with Gasteiger partial charge in [0.15, 0.2) is 0 Å². The Labute approximate surface area is 103 Å². The van der Waals surface area contributed by atoms with Crippen LogP contribution in [-0.4, -0.2) is 5.11 Å². The molecule has 0 aliphatic rings. The van der Waals surface area contributed by atoms with Crippen LogP contribution in [-0.2, 0) is 0 Å². The van der Waals surface area contributed by atoms with Crippen molar-refractivity contribution in [2.24, 2.45) is 0 Å². The molecule has 0 bridgehead atoms. The molecule has 3 aromatic rings. The first-order valence-corrected chi connectivity index (χ1v) is 5.73. The number of rotatable bonds is 0. The molecule has 0 radical (unpaired) electrons. The maximum absolute atomic E-state index is 12.0. The van der Waals surface area contributed by atoms with Gasteiger partial charge in [0, 0.05) is 16.8 Å². The number of phenols is 1. The first kappa shape index (κ1) is 10.8. The zero-order chi connectivity index (χ0) is 12.9. The van der Waals surface area contributed by atoms with Gasteiger partial charge in [-0.1, -0.05) is 12.1 Å². The van der Waals surface area contributed by atoms with Gasteiger partial charge in [0.25, 0.3) is 0 Å². The highest BCUT2D eigenvalue weighted by Crippen LogP contribution is 2.28. The molecular weight excluding hydrogens is 228 g/mol. The van der Waals surface area contributed by atoms with Crippen molar-refractivity contribution in [2.75, 3.05) is 0 Å². The molecule has 1 heterocycles. The quantitative estimate of drug-likeness (QED) is 0.484. The molecule has 3 rings (SSSR count). The molecule has 0 unspecified atom stereocenters. The molecule has 0 spiro atoms. The van der Waals surface area contributed by atoms with Crippen LogP contribution in [0.1, 0.15) is 11.1 Å². The minimum atomic E-state index is -0.357. The summed E-state index contributed by atoms with van der Waals surface area (Å²) < 4.78 is 5.28. The van der Waals surface area contributed by atoms with Crippen LogP contribution in [0.2, 0.25) is 0 Å². The highest BCUT2D eigenvalue weighted by molar-refractivity contribution is 6.05. The largest absolute Gasteiger partial charge is 0.508 e. The van der Waals surface area contributed by atoms with Gasteiger partial charge in [0.2, 0.25) is 0 Å². The van der Waals surface area contributed by atoms with E-state index >= 15 is 0 Å². The summed E-state index contributed by atoms with van der Waals surface area (Å²) in [6.45, 7) is 3.88. The van der Waals surface area contributed by atoms with Crippen LogP contribution in [0.3, 0.4) is 0 Å². The monoisotopic (exact) mass is 240 g/mol. The van der Waals surface area contributed by atoms with Crippen LogP contribution in [0.5, 0.6) is 5.75 Å². The van der Waals surface area contributed by atoms with Crippen molar-refractivity contribution in [2.45, 2.75) is 13.8 Å². The van der Waals surface area contributed by atoms with Crippen LogP contribution in [0.25, 0.3) is 21.7 Å². The Morgan fingerprint density at radius 2 is 1.78 bits per heavy atom. The molecule has 1 aromatic heterocycles. The number of phenolic OH excluding ortho intramolecular Hbond substituents is 1. The highest BCUT2D eigenvalue weighted by Gasteiger charge is 2.11. The molecule has 90 valence electrons. The van der Waals surface area contributed by atoms with Crippen molar-refractivity contribution in [3.8, 4) is 5.75 Å². The zero-order valence-corrected chi connectivity index (χ0v) is 10.2. The third-order valence-corrected chi connectivity index (χ3v) is 3.40. The molecule has 0 saturated carbocycles. The third-order valence-electron chi connectivity index (χ3n) is 3.40. The normalized spacial score (nSPS) is 11.2. The summed E-state index contributed by atoms with van der Waals surface area (Å²) in [5.41, 5.74) is 2.06. The number of benzene rings is 2. The van der Waals surface area contributed by atoms with Gasteiger partial charge in [-0.25, -0.2) is 4.79 Å². The Kier molecular flexibility index (Phi) is 2.17. The fourth-order valence-corrected chi connectivity index (χ4v) is 2.27. The summed E-state index contributed by atoms with van der Waals surface area (Å²) >= 11 is 0. The Bertz CT molecular complexity index is 828. The van der Waals surface area contributed by atoms with E-state index < -0.39 is 0 Å². The Morgan fingerprint density at radius 1 is 1.06 bits per heavy atom. The lowest BCUT2D eigenvalue weighted by atomic mass is 10.00. The van der Waals surface area contributed by atoms with Crippen molar-refractivity contribution in [1.29, 1.82) is 0 Å². The number of hydrogen-bond acceptors (Lipinski definition) is 3. The van der Waals surface area contributed by atoms with Gasteiger partial charge in [0.1, 0.15) is 11.3 Å². The number of aromatic hydroxyl groups is 1. The lowest BCUT2D eigenvalue weighted by molar-refractivity contribution is 0.473. The fourth-order valence-electron chi connectivity index (χ4n) is 2.27. The van der Waals surface area contributed by atoms with E-state index in [2.05, 4.69) is 0 Å². The van der Waals surface area contributed by atoms with Crippen LogP contribution in [0.15, 0.2) is 39.5 Å². The highest BCUT2D eigenvalue weighted by atomic mass is 16.4. The average Bonchev–Trinajstić information content (AvgIpc) is 2.32. The smallest absolute Gasteiger partial charge is 0.344 e. The van der Waals surface area contributed by atoms with Crippen molar-refractivity contribution in [3.63, 3.8) is 0 Å². The van der Waals surface area contributed by atoms with E-state index in [4.69, 9.17) is 4.42 Å². The van der Waals surface area contributed by atoms with Crippen molar-refractivity contribution in [1.82, 2.24) is 0 Å². The molecule has 3 heteroatoms. The predicted octanol–water partition coefficient (Wildman–Crippen LogP) is 3.27. The minimum Gasteiger partial charge on any atom is -0.508 e. The Hall–Kier alpha value is -2.29. The summed E-state index contributed by atoms with van der Waals surface area (Å²) in [5.74, 6) is 0.0915. The van der Waals surface area contributed by atoms with E-state index in [0.717, 1.165) is 21.9 Å². The predicted molar refractivity (Wildman–Crippen MR) is 71.1 cm³/mol. The average molecular weight is 240 g/mol. The molecule has 0 aliphatic heterocycles. The summed E-state index contributed by atoms with van der Waals surface area (Å²) in [5, 5.41) is 11.8. The van der Waals surface area contributed by atoms with Crippen LogP contribution < -0.4 is 5.63 Å². The van der Waals surface area contributed by atoms with Gasteiger partial charge in [-0.15, -0.1) is 0 Å². The second-order valence-corrected chi connectivity index (χ2v) is 4.50. The molecule has 2 aromatic carbocycles. The molecule has 0 atom stereocenters. The topological polar surface area (TPSA) is 50.4 Å². The first-order valence-electron chi connectivity index (χ1n) is 5.73. The van der Waals surface area contributed by atoms with Crippen molar-refractivity contribution >= 4 is 21.7 Å². The Balaban J connectivity index is 2.64. The SMILES string of the molecule is Cc1ccc2c(c1C)c(=O)oc1cc(O)ccc12. The maximum Gasteiger partial charge on any atom is 0.344 e. The number of aryl methyl sites for hydroxylation is 2. The van der Waals surface area contributed by atoms with Gasteiger partial charge >= 0.3 is 5.63 Å². The Morgan fingerprint density at radius 3 is 2.56 bits per heavy atom. The molecular formula is C15H12O3. The van der Waals surface area contributed by atoms with Gasteiger partial charge < -0.3 is 9.52 Å². The molecule has 3 nitrogen and oxygen atoms in total. The van der Waals surface area contributed by atoms with Gasteiger partial charge in [-0.2, -0.15) is 0 Å². The summed E-state index contributed by atoms with van der Waals surface area (Å²) in [4.78, 5) is 12.0. The zero-order valence-electron chi connectivity index (χ0n) is 10.2. The van der Waals surface area contributed by atoms with E-state index in [9.17, 15) is 9.90 Å². The molecule has 0 saturated heterocycles. The molecule has 0 aliphatic carbocycles. The second kappa shape index (κ2) is 3.60. The van der Waals surface area contributed by atoms with Gasteiger partial charge in [-0.05, 0) is 37.1 Å². The standard InChI is InChI=1S/C15H12O3/c1-8-3-5-12-11-6-4-10(16)7-13(11)18-15(17)14(12)9(8)2/h3-7,16H,1-2H3. The van der Waals surface area contributed by atoms with Gasteiger partial charge in [0.05, 0.1) is 5.39 Å². The van der Waals surface area contributed by atoms with E-state index in [-0.39, 0.29) is 11.4 Å². The summed E-state index contributed by atoms with van der Waals surface area (Å²) in [6, 6.07) is 8.74. The number of hydrogen-bond donors (Lipinski definition) is 1. The minimum absolute atomic E-state index is 0.0915. The van der Waals surface area contributed by atoms with Crippen LogP contribution in [0, 0.1) is 13.8 Å². The third kappa shape index (κ3) is 1.40. The molecule has 1 N–H and O–H groups in total. The van der Waals surface area contributed by atoms with Crippen LogP contribution >= 0.6 is 0 Å². The molecule has 0 amide bonds. The molecule has 0 fully saturated rings. The van der Waals surface area contributed by atoms with Crippen LogP contribution in [0.4, 0.5) is 0 Å². The fraction of sp³-hybridized carbons (Fsp3) is 0.133. The summed E-state index contributed by atoms with van der Waals surface area (Å²) in [7, 11) is 0. The first-order chi connectivity index (χ1) is 8.58. The van der Waals surface area contributed by atoms with Crippen molar-refractivity contribution < 1.29 is 9.52 Å². The lowest BCUT2D eigenvalue weighted by Crippen LogP contribution is -2.02. The van der Waals surface area contributed by atoms with E-state index in [0.29, 0.717) is 11.0 Å². The molecule has 18 heavy (non-hydrogen) atoms. The van der Waals surface area contributed by atoms with E-state index in [1.54, 1.807) is 12.1 Å². The second-order valence-electron chi connectivity index (χ2n) is 4.50. The van der Waals surface area contributed by atoms with Crippen molar-refractivity contribution in [3.05, 3.63) is 51.9 Å². The summed E-state index contributed by atoms with van der Waals surface area (Å²) in [6.07, 6.45) is 0. The number of fused-ring (bicyclic) bond motifs is 3. The van der Waals surface area contributed by atoms with E-state index in [1.165, 1.54) is 6.07 Å².